The number of hydrogen-bond donors (Lipinski definition) is 4. The van der Waals surface area contributed by atoms with Gasteiger partial charge in [-0.2, -0.15) is 0 Å². The Labute approximate surface area is 79.6 Å². The summed E-state index contributed by atoms with van der Waals surface area (Å²) in [6.45, 7) is 3.82. The molecule has 1 aliphatic carbocycles. The molecule has 0 heterocycles. The number of nitrogens with two attached hydrogens (primary N) is 2. The van der Waals surface area contributed by atoms with E-state index in [1.54, 1.807) is 0 Å². The summed E-state index contributed by atoms with van der Waals surface area (Å²) in [6, 6.07) is 0. The monoisotopic (exact) mass is 183 g/mol. The molecule has 0 saturated heterocycles. The molecule has 75 valence electrons. The maximum absolute atomic E-state index is 7.18. The van der Waals surface area contributed by atoms with E-state index in [0.717, 1.165) is 12.8 Å². The Morgan fingerprint density at radius 3 is 2.46 bits per heavy atom. The first-order valence-corrected chi connectivity index (χ1v) is 4.79. The summed E-state index contributed by atoms with van der Waals surface area (Å²) in [6.07, 6.45) is 5.25. The predicted molar refractivity (Wildman–Crippen MR) is 53.9 cm³/mol. The summed E-state index contributed by atoms with van der Waals surface area (Å²) in [4.78, 5) is 0. The third-order valence-corrected chi connectivity index (χ3v) is 2.86. The van der Waals surface area contributed by atoms with E-state index >= 15 is 0 Å². The Bertz CT molecular complexity index is 186. The maximum atomic E-state index is 7.18. The summed E-state index contributed by atoms with van der Waals surface area (Å²) in [5.41, 5.74) is 10.8. The van der Waals surface area contributed by atoms with Crippen LogP contribution in [0.2, 0.25) is 0 Å². The van der Waals surface area contributed by atoms with Crippen molar-refractivity contribution in [3.8, 4) is 0 Å². The largest absolute Gasteiger partial charge is 0.370 e. The molecule has 6 N–H and O–H groups in total. The molecular formula is C9H19N4. The molecule has 0 aliphatic heterocycles. The van der Waals surface area contributed by atoms with Crippen LogP contribution < -0.4 is 16.8 Å². The Morgan fingerprint density at radius 1 is 1.54 bits per heavy atom. The highest BCUT2D eigenvalue weighted by Gasteiger charge is 2.35. The zero-order valence-corrected chi connectivity index (χ0v) is 7.97. The van der Waals surface area contributed by atoms with Crippen molar-refractivity contribution in [1.29, 1.82) is 5.41 Å². The van der Waals surface area contributed by atoms with Crippen molar-refractivity contribution in [2.24, 2.45) is 17.4 Å². The first-order chi connectivity index (χ1) is 6.08. The second-order valence-electron chi connectivity index (χ2n) is 3.81. The lowest BCUT2D eigenvalue weighted by molar-refractivity contribution is 0.251. The highest BCUT2D eigenvalue weighted by atomic mass is 15.2. The van der Waals surface area contributed by atoms with Crippen molar-refractivity contribution in [3.05, 3.63) is 6.92 Å². The van der Waals surface area contributed by atoms with E-state index in [9.17, 15) is 0 Å². The fraction of sp³-hybridized carbons (Fsp3) is 0.778. The summed E-state index contributed by atoms with van der Waals surface area (Å²) < 4.78 is 0. The first-order valence-electron chi connectivity index (χ1n) is 4.79. The van der Waals surface area contributed by atoms with Crippen LogP contribution >= 0.6 is 0 Å². The SMILES string of the molecule is [CH2]CC(N)(NC(=N)N)C1CCCC1. The number of guanidine groups is 1. The summed E-state index contributed by atoms with van der Waals surface area (Å²) in [5, 5.41) is 10.0. The van der Waals surface area contributed by atoms with Crippen molar-refractivity contribution in [2.75, 3.05) is 0 Å². The molecule has 0 aromatic rings. The molecule has 0 aromatic carbocycles. The van der Waals surface area contributed by atoms with Gasteiger partial charge in [-0.1, -0.05) is 12.8 Å². The van der Waals surface area contributed by atoms with Crippen LogP contribution in [0.3, 0.4) is 0 Å². The smallest absolute Gasteiger partial charge is 0.187 e. The number of nitrogens with one attached hydrogen (secondary N) is 2. The van der Waals surface area contributed by atoms with E-state index in [1.165, 1.54) is 12.8 Å². The number of rotatable bonds is 3. The zero-order valence-electron chi connectivity index (χ0n) is 7.97. The summed E-state index contributed by atoms with van der Waals surface area (Å²) in [7, 11) is 0. The van der Waals surface area contributed by atoms with Gasteiger partial charge in [0.1, 0.15) is 0 Å². The Morgan fingerprint density at radius 2 is 2.08 bits per heavy atom. The van der Waals surface area contributed by atoms with Gasteiger partial charge in [0.2, 0.25) is 0 Å². The third kappa shape index (κ3) is 2.34. The molecule has 0 amide bonds. The highest BCUT2D eigenvalue weighted by Crippen LogP contribution is 2.32. The predicted octanol–water partition coefficient (Wildman–Crippen LogP) is 0.539. The van der Waals surface area contributed by atoms with Gasteiger partial charge >= 0.3 is 0 Å². The van der Waals surface area contributed by atoms with Crippen LogP contribution in [0.4, 0.5) is 0 Å². The summed E-state index contributed by atoms with van der Waals surface area (Å²) in [5.74, 6) is 0.354. The van der Waals surface area contributed by atoms with Crippen LogP contribution in [0.15, 0.2) is 0 Å². The fourth-order valence-corrected chi connectivity index (χ4v) is 2.06. The van der Waals surface area contributed by atoms with Crippen molar-refractivity contribution in [1.82, 2.24) is 5.32 Å². The Hall–Kier alpha value is -0.770. The average Bonchev–Trinajstić information content (AvgIpc) is 2.55. The van der Waals surface area contributed by atoms with Gasteiger partial charge in [-0.25, -0.2) is 0 Å². The molecule has 1 aliphatic rings. The molecule has 1 atom stereocenters. The molecular weight excluding hydrogens is 164 g/mol. The maximum Gasteiger partial charge on any atom is 0.187 e. The van der Waals surface area contributed by atoms with Gasteiger partial charge < -0.3 is 16.8 Å². The fourth-order valence-electron chi connectivity index (χ4n) is 2.06. The topological polar surface area (TPSA) is 87.9 Å². The molecule has 4 heteroatoms. The lowest BCUT2D eigenvalue weighted by atomic mass is 9.89. The zero-order chi connectivity index (χ0) is 9.90. The van der Waals surface area contributed by atoms with Gasteiger partial charge in [-0.15, -0.1) is 0 Å². The van der Waals surface area contributed by atoms with Crippen LogP contribution in [-0.2, 0) is 0 Å². The van der Waals surface area contributed by atoms with Gasteiger partial charge in [-0.3, -0.25) is 5.41 Å². The van der Waals surface area contributed by atoms with E-state index < -0.39 is 5.66 Å². The molecule has 1 saturated carbocycles. The quantitative estimate of drug-likeness (QED) is 0.292. The lowest BCUT2D eigenvalue weighted by Crippen LogP contribution is -2.61. The highest BCUT2D eigenvalue weighted by molar-refractivity contribution is 5.75. The van der Waals surface area contributed by atoms with Crippen LogP contribution in [0.1, 0.15) is 32.1 Å². The Kier molecular flexibility index (Phi) is 3.14. The van der Waals surface area contributed by atoms with E-state index in [2.05, 4.69) is 12.2 Å². The van der Waals surface area contributed by atoms with Gasteiger partial charge in [0.15, 0.2) is 5.96 Å². The van der Waals surface area contributed by atoms with Crippen molar-refractivity contribution in [2.45, 2.75) is 37.8 Å². The molecule has 0 spiro atoms. The lowest BCUT2D eigenvalue weighted by Gasteiger charge is -2.35. The minimum Gasteiger partial charge on any atom is -0.370 e. The van der Waals surface area contributed by atoms with Crippen LogP contribution in [0.25, 0.3) is 0 Å². The molecule has 1 fully saturated rings. The molecule has 0 aromatic heterocycles. The van der Waals surface area contributed by atoms with Crippen LogP contribution in [0, 0.1) is 18.3 Å². The molecule has 1 rings (SSSR count). The van der Waals surface area contributed by atoms with Crippen molar-refractivity contribution >= 4 is 5.96 Å². The van der Waals surface area contributed by atoms with Crippen molar-refractivity contribution in [3.63, 3.8) is 0 Å². The second kappa shape index (κ2) is 3.96. The van der Waals surface area contributed by atoms with E-state index in [1.807, 2.05) is 0 Å². The average molecular weight is 183 g/mol. The summed E-state index contributed by atoms with van der Waals surface area (Å²) >= 11 is 0. The molecule has 1 radical (unpaired) electrons. The normalized spacial score (nSPS) is 22.6. The van der Waals surface area contributed by atoms with E-state index in [4.69, 9.17) is 16.9 Å². The van der Waals surface area contributed by atoms with E-state index in [0.29, 0.717) is 12.3 Å². The molecule has 13 heavy (non-hydrogen) atoms. The van der Waals surface area contributed by atoms with Crippen LogP contribution in [-0.4, -0.2) is 11.6 Å². The third-order valence-electron chi connectivity index (χ3n) is 2.86. The standard InChI is InChI=1S/C9H19N4/c1-2-9(12,13-8(10)11)7-5-3-4-6-7/h7H,1-6,12H2,(H4,10,11,13). The van der Waals surface area contributed by atoms with Crippen molar-refractivity contribution < 1.29 is 0 Å². The molecule has 1 unspecified atom stereocenters. The van der Waals surface area contributed by atoms with Gasteiger partial charge in [0, 0.05) is 0 Å². The Balaban J connectivity index is 2.61. The van der Waals surface area contributed by atoms with Gasteiger partial charge in [0.25, 0.3) is 0 Å². The molecule has 0 bridgehead atoms. The molecule has 4 nitrogen and oxygen atoms in total. The number of hydrogen-bond acceptors (Lipinski definition) is 2. The minimum atomic E-state index is -0.567. The minimum absolute atomic E-state index is 0.0574. The van der Waals surface area contributed by atoms with Gasteiger partial charge in [-0.05, 0) is 32.1 Å². The first kappa shape index (κ1) is 10.3. The second-order valence-corrected chi connectivity index (χ2v) is 3.81. The van der Waals surface area contributed by atoms with Gasteiger partial charge in [0.05, 0.1) is 5.66 Å². The van der Waals surface area contributed by atoms with E-state index in [-0.39, 0.29) is 5.96 Å². The van der Waals surface area contributed by atoms with Crippen LogP contribution in [0.5, 0.6) is 0 Å².